The molecule has 3 nitrogen and oxygen atoms in total. The van der Waals surface area contributed by atoms with E-state index >= 15 is 0 Å². The zero-order valence-corrected chi connectivity index (χ0v) is 14.2. The van der Waals surface area contributed by atoms with Crippen LogP contribution in [0.25, 0.3) is 11.0 Å². The second-order valence-electron chi connectivity index (χ2n) is 5.58. The van der Waals surface area contributed by atoms with Gasteiger partial charge in [0.15, 0.2) is 0 Å². The van der Waals surface area contributed by atoms with Gasteiger partial charge in [0.1, 0.15) is 5.82 Å². The molecule has 0 spiro atoms. The number of benzene rings is 1. The van der Waals surface area contributed by atoms with Crippen molar-refractivity contribution in [2.75, 3.05) is 19.6 Å². The first kappa shape index (κ1) is 15.4. The fourth-order valence-electron chi connectivity index (χ4n) is 3.08. The predicted molar refractivity (Wildman–Crippen MR) is 89.5 cm³/mol. The summed E-state index contributed by atoms with van der Waals surface area (Å²) >= 11 is 18.3. The van der Waals surface area contributed by atoms with Crippen molar-refractivity contribution in [3.8, 4) is 0 Å². The van der Waals surface area contributed by atoms with E-state index in [1.807, 2.05) is 12.1 Å². The Labute approximate surface area is 139 Å². The molecule has 6 heteroatoms. The topological polar surface area (TPSA) is 21.1 Å². The van der Waals surface area contributed by atoms with Gasteiger partial charge < -0.3 is 9.47 Å². The molecule has 1 atom stereocenters. The van der Waals surface area contributed by atoms with Crippen LogP contribution in [0.5, 0.6) is 0 Å². The van der Waals surface area contributed by atoms with Gasteiger partial charge in [-0.15, -0.1) is 11.6 Å². The Morgan fingerprint density at radius 3 is 2.71 bits per heavy atom. The fraction of sp³-hybridized carbons (Fsp3) is 0.533. The number of rotatable bonds is 4. The summed E-state index contributed by atoms with van der Waals surface area (Å²) in [5.74, 6) is 1.92. The lowest BCUT2D eigenvalue weighted by Gasteiger charge is -2.15. The minimum atomic E-state index is 0.397. The molecule has 1 aliphatic rings. The van der Waals surface area contributed by atoms with E-state index in [1.54, 1.807) is 0 Å². The van der Waals surface area contributed by atoms with Gasteiger partial charge in [-0.3, -0.25) is 0 Å². The molecule has 2 heterocycles. The molecule has 0 bridgehead atoms. The van der Waals surface area contributed by atoms with Crippen molar-refractivity contribution < 1.29 is 0 Å². The van der Waals surface area contributed by atoms with Gasteiger partial charge in [0, 0.05) is 13.1 Å². The van der Waals surface area contributed by atoms with Crippen LogP contribution in [0.2, 0.25) is 10.0 Å². The third kappa shape index (κ3) is 3.02. The fourth-order valence-corrected chi connectivity index (χ4v) is 3.60. The van der Waals surface area contributed by atoms with E-state index < -0.39 is 0 Å². The van der Waals surface area contributed by atoms with Crippen molar-refractivity contribution in [3.63, 3.8) is 0 Å². The van der Waals surface area contributed by atoms with Crippen LogP contribution in [0.15, 0.2) is 12.1 Å². The molecule has 1 fully saturated rings. The predicted octanol–water partition coefficient (Wildman–Crippen LogP) is 4.42. The number of alkyl halides is 1. The Bertz CT molecular complexity index is 653. The summed E-state index contributed by atoms with van der Waals surface area (Å²) in [6.45, 7) is 6.58. The zero-order valence-electron chi connectivity index (χ0n) is 12.0. The van der Waals surface area contributed by atoms with Crippen LogP contribution in [0, 0.1) is 5.92 Å². The van der Waals surface area contributed by atoms with Crippen LogP contribution in [-0.4, -0.2) is 34.1 Å². The number of hydrogen-bond acceptors (Lipinski definition) is 2. The third-order valence-electron chi connectivity index (χ3n) is 4.25. The number of likely N-dealkylation sites (tertiary alicyclic amines) is 1. The largest absolute Gasteiger partial charge is 0.327 e. The molecule has 0 N–H and O–H groups in total. The molecule has 1 saturated heterocycles. The van der Waals surface area contributed by atoms with Crippen molar-refractivity contribution >= 4 is 45.8 Å². The molecule has 21 heavy (non-hydrogen) atoms. The minimum absolute atomic E-state index is 0.397. The summed E-state index contributed by atoms with van der Waals surface area (Å²) in [5, 5.41) is 1.10. The Kier molecular flexibility index (Phi) is 4.65. The van der Waals surface area contributed by atoms with Crippen molar-refractivity contribution in [2.24, 2.45) is 5.92 Å². The summed E-state index contributed by atoms with van der Waals surface area (Å²) < 4.78 is 2.20. The number of nitrogens with zero attached hydrogens (tertiary/aromatic N) is 3. The Morgan fingerprint density at radius 2 is 2.05 bits per heavy atom. The number of hydrogen-bond donors (Lipinski definition) is 0. The number of aromatic nitrogens is 2. The van der Waals surface area contributed by atoms with E-state index in [9.17, 15) is 0 Å². The lowest BCUT2D eigenvalue weighted by Crippen LogP contribution is -2.21. The molecular formula is C15H18Cl3N3. The SMILES string of the molecule is CCN1CCC(Cn2c(CCl)nc3cc(Cl)c(Cl)cc32)C1. The molecule has 1 aromatic heterocycles. The van der Waals surface area contributed by atoms with Gasteiger partial charge in [0.05, 0.1) is 27.0 Å². The molecular weight excluding hydrogens is 329 g/mol. The Balaban J connectivity index is 1.95. The van der Waals surface area contributed by atoms with E-state index in [0.29, 0.717) is 21.8 Å². The van der Waals surface area contributed by atoms with Gasteiger partial charge in [-0.25, -0.2) is 4.98 Å². The number of halogens is 3. The molecule has 1 aromatic carbocycles. The van der Waals surface area contributed by atoms with Crippen LogP contribution >= 0.6 is 34.8 Å². The van der Waals surface area contributed by atoms with Crippen molar-refractivity contribution in [2.45, 2.75) is 25.8 Å². The van der Waals surface area contributed by atoms with Crippen LogP contribution in [0.4, 0.5) is 0 Å². The molecule has 1 aliphatic heterocycles. The summed E-state index contributed by atoms with van der Waals surface area (Å²) in [7, 11) is 0. The van der Waals surface area contributed by atoms with Gasteiger partial charge >= 0.3 is 0 Å². The average Bonchev–Trinajstić information content (AvgIpc) is 3.05. The maximum absolute atomic E-state index is 6.16. The quantitative estimate of drug-likeness (QED) is 0.764. The first-order valence-electron chi connectivity index (χ1n) is 7.24. The van der Waals surface area contributed by atoms with Gasteiger partial charge in [0.25, 0.3) is 0 Å². The highest BCUT2D eigenvalue weighted by atomic mass is 35.5. The van der Waals surface area contributed by atoms with E-state index in [1.165, 1.54) is 13.0 Å². The van der Waals surface area contributed by atoms with Gasteiger partial charge in [-0.05, 0) is 37.6 Å². The highest BCUT2D eigenvalue weighted by Crippen LogP contribution is 2.30. The molecule has 0 radical (unpaired) electrons. The first-order chi connectivity index (χ1) is 10.1. The molecule has 0 saturated carbocycles. The van der Waals surface area contributed by atoms with E-state index in [-0.39, 0.29) is 0 Å². The molecule has 114 valence electrons. The molecule has 2 aromatic rings. The highest BCUT2D eigenvalue weighted by Gasteiger charge is 2.23. The summed E-state index contributed by atoms with van der Waals surface area (Å²) in [6, 6.07) is 3.72. The van der Waals surface area contributed by atoms with Crippen molar-refractivity contribution in [1.29, 1.82) is 0 Å². The second kappa shape index (κ2) is 6.33. The van der Waals surface area contributed by atoms with Crippen LogP contribution in [-0.2, 0) is 12.4 Å². The van der Waals surface area contributed by atoms with Gasteiger partial charge in [-0.1, -0.05) is 30.1 Å². The van der Waals surface area contributed by atoms with Crippen LogP contribution in [0.3, 0.4) is 0 Å². The van der Waals surface area contributed by atoms with Crippen molar-refractivity contribution in [1.82, 2.24) is 14.5 Å². The molecule has 1 unspecified atom stereocenters. The standard InChI is InChI=1S/C15H18Cl3N3/c1-2-20-4-3-10(8-20)9-21-14-6-12(18)11(17)5-13(14)19-15(21)7-16/h5-6,10H,2-4,7-9H2,1H3. The van der Waals surface area contributed by atoms with E-state index in [4.69, 9.17) is 34.8 Å². The van der Waals surface area contributed by atoms with Crippen LogP contribution < -0.4 is 0 Å². The van der Waals surface area contributed by atoms with Gasteiger partial charge in [0.2, 0.25) is 0 Å². The summed E-state index contributed by atoms with van der Waals surface area (Å²) in [4.78, 5) is 7.07. The average molecular weight is 347 g/mol. The second-order valence-corrected chi connectivity index (χ2v) is 6.66. The lowest BCUT2D eigenvalue weighted by molar-refractivity contribution is 0.333. The number of imidazole rings is 1. The Hall–Kier alpha value is -0.480. The summed E-state index contributed by atoms with van der Waals surface area (Å²) in [6.07, 6.45) is 1.22. The van der Waals surface area contributed by atoms with E-state index in [0.717, 1.165) is 36.5 Å². The maximum atomic E-state index is 6.16. The van der Waals surface area contributed by atoms with E-state index in [2.05, 4.69) is 21.4 Å². The zero-order chi connectivity index (χ0) is 15.0. The highest BCUT2D eigenvalue weighted by molar-refractivity contribution is 6.42. The minimum Gasteiger partial charge on any atom is -0.327 e. The smallest absolute Gasteiger partial charge is 0.124 e. The summed E-state index contributed by atoms with van der Waals surface area (Å²) in [5.41, 5.74) is 1.89. The number of fused-ring (bicyclic) bond motifs is 1. The lowest BCUT2D eigenvalue weighted by atomic mass is 10.1. The molecule has 0 amide bonds. The normalized spacial score (nSPS) is 19.7. The van der Waals surface area contributed by atoms with Crippen LogP contribution in [0.1, 0.15) is 19.2 Å². The third-order valence-corrected chi connectivity index (χ3v) is 5.21. The monoisotopic (exact) mass is 345 g/mol. The molecule has 3 rings (SSSR count). The first-order valence-corrected chi connectivity index (χ1v) is 8.54. The Morgan fingerprint density at radius 1 is 1.29 bits per heavy atom. The maximum Gasteiger partial charge on any atom is 0.124 e. The molecule has 0 aliphatic carbocycles. The van der Waals surface area contributed by atoms with Crippen molar-refractivity contribution in [3.05, 3.63) is 28.0 Å². The van der Waals surface area contributed by atoms with Gasteiger partial charge in [-0.2, -0.15) is 0 Å².